The Labute approximate surface area is 112 Å². The van der Waals surface area contributed by atoms with Crippen LogP contribution in [0.4, 0.5) is 0 Å². The number of fused-ring (bicyclic) bond motifs is 1. The van der Waals surface area contributed by atoms with Crippen molar-refractivity contribution in [2.24, 2.45) is 5.73 Å². The molecule has 3 unspecified atom stereocenters. The second-order valence-corrected chi connectivity index (χ2v) is 5.91. The van der Waals surface area contributed by atoms with E-state index in [0.29, 0.717) is 12.1 Å². The van der Waals surface area contributed by atoms with Crippen molar-refractivity contribution in [3.63, 3.8) is 0 Å². The van der Waals surface area contributed by atoms with Crippen molar-refractivity contribution in [2.45, 2.75) is 31.5 Å². The fourth-order valence-corrected chi connectivity index (χ4v) is 3.50. The molecule has 1 aliphatic carbocycles. The molecule has 0 aliphatic heterocycles. The van der Waals surface area contributed by atoms with E-state index in [0.717, 1.165) is 6.42 Å². The van der Waals surface area contributed by atoms with E-state index in [2.05, 4.69) is 54.0 Å². The Morgan fingerprint density at radius 1 is 1.22 bits per heavy atom. The predicted molar refractivity (Wildman–Crippen MR) is 76.6 cm³/mol. The van der Waals surface area contributed by atoms with Crippen LogP contribution in [0.15, 0.2) is 41.8 Å². The van der Waals surface area contributed by atoms with Gasteiger partial charge in [-0.2, -0.15) is 0 Å². The normalized spacial score (nSPS) is 23.9. The highest BCUT2D eigenvalue weighted by molar-refractivity contribution is 7.10. The molecule has 1 aliphatic rings. The molecule has 3 atom stereocenters. The summed E-state index contributed by atoms with van der Waals surface area (Å²) >= 11 is 1.80. The summed E-state index contributed by atoms with van der Waals surface area (Å²) in [7, 11) is 0. The average Bonchev–Trinajstić information content (AvgIpc) is 3.00. The third-order valence-electron chi connectivity index (χ3n) is 3.68. The number of benzene rings is 1. The number of hydrogen-bond acceptors (Lipinski definition) is 3. The van der Waals surface area contributed by atoms with E-state index in [-0.39, 0.29) is 6.04 Å². The Balaban J connectivity index is 1.79. The van der Waals surface area contributed by atoms with Crippen LogP contribution in [0.3, 0.4) is 0 Å². The molecule has 3 N–H and O–H groups in total. The lowest BCUT2D eigenvalue weighted by Gasteiger charge is -2.19. The molecular weight excluding hydrogens is 240 g/mol. The molecule has 0 saturated heterocycles. The van der Waals surface area contributed by atoms with Gasteiger partial charge in [0.15, 0.2) is 0 Å². The number of nitrogens with two attached hydrogens (primary N) is 1. The maximum absolute atomic E-state index is 6.19. The van der Waals surface area contributed by atoms with Crippen LogP contribution in [0.25, 0.3) is 0 Å². The van der Waals surface area contributed by atoms with Gasteiger partial charge in [0, 0.05) is 23.0 Å². The van der Waals surface area contributed by atoms with Crippen molar-refractivity contribution >= 4 is 11.3 Å². The second kappa shape index (κ2) is 4.84. The minimum Gasteiger partial charge on any atom is -0.324 e. The van der Waals surface area contributed by atoms with Crippen LogP contribution in [0.1, 0.15) is 47.5 Å². The maximum atomic E-state index is 6.19. The summed E-state index contributed by atoms with van der Waals surface area (Å²) in [5.41, 5.74) is 8.86. The van der Waals surface area contributed by atoms with Gasteiger partial charge in [0.25, 0.3) is 0 Å². The van der Waals surface area contributed by atoms with Gasteiger partial charge in [0.2, 0.25) is 0 Å². The molecule has 0 radical (unpaired) electrons. The predicted octanol–water partition coefficient (Wildman–Crippen LogP) is 3.54. The largest absolute Gasteiger partial charge is 0.324 e. The van der Waals surface area contributed by atoms with Gasteiger partial charge in [-0.3, -0.25) is 0 Å². The summed E-state index contributed by atoms with van der Waals surface area (Å²) in [5, 5.41) is 5.83. The summed E-state index contributed by atoms with van der Waals surface area (Å²) in [5.74, 6) is 0. The molecule has 0 bridgehead atoms. The third-order valence-corrected chi connectivity index (χ3v) is 4.74. The molecule has 0 spiro atoms. The molecule has 3 rings (SSSR count). The van der Waals surface area contributed by atoms with Crippen molar-refractivity contribution in [1.29, 1.82) is 0 Å². The first-order chi connectivity index (χ1) is 8.75. The first-order valence-electron chi connectivity index (χ1n) is 6.39. The zero-order valence-corrected chi connectivity index (χ0v) is 11.3. The van der Waals surface area contributed by atoms with Gasteiger partial charge in [-0.25, -0.2) is 0 Å². The van der Waals surface area contributed by atoms with Gasteiger partial charge in [0.1, 0.15) is 0 Å². The van der Waals surface area contributed by atoms with Gasteiger partial charge in [-0.15, -0.1) is 11.3 Å². The highest BCUT2D eigenvalue weighted by Crippen LogP contribution is 2.38. The van der Waals surface area contributed by atoms with E-state index in [1.807, 2.05) is 0 Å². The second-order valence-electron chi connectivity index (χ2n) is 4.93. The molecule has 94 valence electrons. The minimum atomic E-state index is 0.175. The Hall–Kier alpha value is -1.16. The smallest absolute Gasteiger partial charge is 0.0391 e. The topological polar surface area (TPSA) is 38.0 Å². The lowest BCUT2D eigenvalue weighted by atomic mass is 10.1. The van der Waals surface area contributed by atoms with E-state index < -0.39 is 0 Å². The molecule has 0 amide bonds. The van der Waals surface area contributed by atoms with Crippen LogP contribution in [-0.4, -0.2) is 0 Å². The maximum Gasteiger partial charge on any atom is 0.0391 e. The monoisotopic (exact) mass is 258 g/mol. The number of thiophene rings is 1. The molecule has 0 saturated carbocycles. The molecule has 2 aromatic rings. The Morgan fingerprint density at radius 2 is 2.00 bits per heavy atom. The van der Waals surface area contributed by atoms with Crippen molar-refractivity contribution < 1.29 is 0 Å². The molecule has 2 nitrogen and oxygen atoms in total. The summed E-state index contributed by atoms with van der Waals surface area (Å²) in [6.45, 7) is 2.22. The fourth-order valence-electron chi connectivity index (χ4n) is 2.75. The van der Waals surface area contributed by atoms with E-state index >= 15 is 0 Å². The molecule has 1 aromatic heterocycles. The average molecular weight is 258 g/mol. The van der Waals surface area contributed by atoms with Crippen LogP contribution in [0, 0.1) is 0 Å². The quantitative estimate of drug-likeness (QED) is 0.883. The third kappa shape index (κ3) is 2.09. The van der Waals surface area contributed by atoms with Crippen molar-refractivity contribution in [2.75, 3.05) is 0 Å². The number of nitrogens with one attached hydrogen (secondary N) is 1. The summed E-state index contributed by atoms with van der Waals surface area (Å²) in [6.07, 6.45) is 0.995. The lowest BCUT2D eigenvalue weighted by Crippen LogP contribution is -2.23. The Kier molecular flexibility index (Phi) is 3.20. The van der Waals surface area contributed by atoms with Crippen LogP contribution in [-0.2, 0) is 0 Å². The van der Waals surface area contributed by atoms with Crippen LogP contribution in [0.2, 0.25) is 0 Å². The molecular formula is C15H18N2S. The molecule has 18 heavy (non-hydrogen) atoms. The summed E-state index contributed by atoms with van der Waals surface area (Å²) in [4.78, 5) is 1.38. The van der Waals surface area contributed by atoms with Crippen LogP contribution < -0.4 is 11.1 Å². The summed E-state index contributed by atoms with van der Waals surface area (Å²) in [6, 6.07) is 13.7. The Bertz CT molecular complexity index is 521. The van der Waals surface area contributed by atoms with Crippen molar-refractivity contribution in [1.82, 2.24) is 5.32 Å². The minimum absolute atomic E-state index is 0.175. The number of rotatable bonds is 3. The van der Waals surface area contributed by atoms with Crippen LogP contribution in [0.5, 0.6) is 0 Å². The first kappa shape index (κ1) is 11.9. The standard InChI is InChI=1S/C15H18N2S/c1-10(15-7-4-8-18-15)17-14-9-13(16)11-5-2-3-6-12(11)14/h2-8,10,13-14,17H,9,16H2,1H3. The SMILES string of the molecule is CC(NC1CC(N)c2ccccc21)c1cccs1. The van der Waals surface area contributed by atoms with Gasteiger partial charge in [-0.1, -0.05) is 30.3 Å². The Morgan fingerprint density at radius 3 is 2.72 bits per heavy atom. The van der Waals surface area contributed by atoms with Crippen LogP contribution >= 0.6 is 11.3 Å². The fraction of sp³-hybridized carbons (Fsp3) is 0.333. The lowest BCUT2D eigenvalue weighted by molar-refractivity contribution is 0.449. The van der Waals surface area contributed by atoms with E-state index in [1.165, 1.54) is 16.0 Å². The molecule has 1 heterocycles. The molecule has 1 aromatic carbocycles. The van der Waals surface area contributed by atoms with Gasteiger partial charge in [0.05, 0.1) is 0 Å². The zero-order chi connectivity index (χ0) is 12.5. The first-order valence-corrected chi connectivity index (χ1v) is 7.27. The highest BCUT2D eigenvalue weighted by Gasteiger charge is 2.29. The number of hydrogen-bond donors (Lipinski definition) is 2. The van der Waals surface area contributed by atoms with Gasteiger partial charge in [-0.05, 0) is 35.9 Å². The van der Waals surface area contributed by atoms with E-state index in [9.17, 15) is 0 Å². The highest BCUT2D eigenvalue weighted by atomic mass is 32.1. The zero-order valence-electron chi connectivity index (χ0n) is 10.5. The molecule has 3 heteroatoms. The summed E-state index contributed by atoms with van der Waals surface area (Å²) < 4.78 is 0. The van der Waals surface area contributed by atoms with E-state index in [1.54, 1.807) is 11.3 Å². The van der Waals surface area contributed by atoms with E-state index in [4.69, 9.17) is 5.73 Å². The van der Waals surface area contributed by atoms with Gasteiger partial charge < -0.3 is 11.1 Å². The molecule has 0 fully saturated rings. The van der Waals surface area contributed by atoms with Crippen molar-refractivity contribution in [3.05, 3.63) is 57.8 Å². The van der Waals surface area contributed by atoms with Gasteiger partial charge >= 0.3 is 0 Å². The van der Waals surface area contributed by atoms with Crippen molar-refractivity contribution in [3.8, 4) is 0 Å².